The Bertz CT molecular complexity index is 3320. The van der Waals surface area contributed by atoms with Crippen molar-refractivity contribution in [3.05, 3.63) is 170 Å². The van der Waals surface area contributed by atoms with Gasteiger partial charge in [-0.25, -0.2) is 0 Å². The minimum Gasteiger partial charge on any atom is -0.309 e. The zero-order valence-corrected chi connectivity index (χ0v) is 28.7. The van der Waals surface area contributed by atoms with E-state index < -0.39 is 0 Å². The van der Waals surface area contributed by atoms with E-state index in [9.17, 15) is 0 Å². The van der Waals surface area contributed by atoms with Crippen LogP contribution in [0.5, 0.6) is 0 Å². The molecule has 0 spiro atoms. The summed E-state index contributed by atoms with van der Waals surface area (Å²) in [6, 6.07) is 57.3. The van der Waals surface area contributed by atoms with Crippen LogP contribution in [0.4, 0.5) is 0 Å². The molecule has 52 heavy (non-hydrogen) atoms. The second-order valence-electron chi connectivity index (χ2n) is 13.6. The molecule has 5 aromatic heterocycles. The largest absolute Gasteiger partial charge is 0.309 e. The highest BCUT2D eigenvalue weighted by Gasteiger charge is 2.21. The molecule has 0 saturated carbocycles. The van der Waals surface area contributed by atoms with Gasteiger partial charge in [-0.3, -0.25) is 4.98 Å². The van der Waals surface area contributed by atoms with Crippen LogP contribution in [-0.2, 0) is 0 Å². The van der Waals surface area contributed by atoms with Crippen LogP contribution in [0.15, 0.2) is 170 Å². The fraction of sp³-hybridized carbons (Fsp3) is 0. The maximum atomic E-state index is 4.90. The Balaban J connectivity index is 1.13. The summed E-state index contributed by atoms with van der Waals surface area (Å²) in [6.07, 6.45) is 4.09. The number of fused-ring (bicyclic) bond motifs is 12. The van der Waals surface area contributed by atoms with E-state index >= 15 is 0 Å². The van der Waals surface area contributed by atoms with Gasteiger partial charge in [-0.2, -0.15) is 0 Å². The van der Waals surface area contributed by atoms with Gasteiger partial charge in [0, 0.05) is 55.0 Å². The lowest BCUT2D eigenvalue weighted by atomic mass is 10.1. The second kappa shape index (κ2) is 10.4. The summed E-state index contributed by atoms with van der Waals surface area (Å²) in [6.45, 7) is 0. The quantitative estimate of drug-likeness (QED) is 0.182. The summed E-state index contributed by atoms with van der Waals surface area (Å²) >= 11 is 1.86. The molecule has 12 rings (SSSR count). The molecule has 0 aliphatic carbocycles. The maximum Gasteiger partial charge on any atom is 0.0825 e. The molecule has 0 atom stereocenters. The van der Waals surface area contributed by atoms with Gasteiger partial charge >= 0.3 is 0 Å². The average molecular weight is 681 g/mol. The van der Waals surface area contributed by atoms with E-state index in [0.29, 0.717) is 0 Å². The first-order valence-corrected chi connectivity index (χ1v) is 18.4. The van der Waals surface area contributed by atoms with Gasteiger partial charge in [0.05, 0.1) is 60.1 Å². The molecule has 0 aliphatic rings. The molecule has 0 aliphatic heterocycles. The molecule has 4 nitrogen and oxygen atoms in total. The molecular weight excluding hydrogens is 653 g/mol. The van der Waals surface area contributed by atoms with Crippen molar-refractivity contribution < 1.29 is 0 Å². The molecule has 7 aromatic carbocycles. The van der Waals surface area contributed by atoms with Crippen LogP contribution in [0.3, 0.4) is 0 Å². The fourth-order valence-corrected chi connectivity index (χ4v) is 10.0. The summed E-state index contributed by atoms with van der Waals surface area (Å²) in [5.74, 6) is 0. The first kappa shape index (κ1) is 28.1. The third kappa shape index (κ3) is 3.67. The SMILES string of the molecule is c1cc(-n2c3ccccc3c3ccccc32)c2sc3c(-n4c5ccccc5c5cc(-n6c7ccccc7c7ccccc76)ccc54)cncc3c2c1. The number of rotatable bonds is 3. The lowest BCUT2D eigenvalue weighted by Crippen LogP contribution is -1.96. The van der Waals surface area contributed by atoms with Crippen LogP contribution in [-0.4, -0.2) is 18.7 Å². The zero-order chi connectivity index (χ0) is 33.9. The maximum absolute atomic E-state index is 4.90. The molecule has 0 saturated heterocycles. The molecule has 5 heteroatoms. The van der Waals surface area contributed by atoms with Crippen molar-refractivity contribution in [3.63, 3.8) is 0 Å². The van der Waals surface area contributed by atoms with Crippen LogP contribution in [0, 0.1) is 0 Å². The molecule has 0 N–H and O–H groups in total. The lowest BCUT2D eigenvalue weighted by molar-refractivity contribution is 1.16. The van der Waals surface area contributed by atoms with Gasteiger partial charge in [0.2, 0.25) is 0 Å². The average Bonchev–Trinajstić information content (AvgIpc) is 3.94. The van der Waals surface area contributed by atoms with E-state index in [1.807, 2.05) is 23.7 Å². The summed E-state index contributed by atoms with van der Waals surface area (Å²) in [4.78, 5) is 4.90. The third-order valence-corrected chi connectivity index (χ3v) is 12.2. The van der Waals surface area contributed by atoms with Gasteiger partial charge in [-0.15, -0.1) is 11.3 Å². The predicted molar refractivity (Wildman–Crippen MR) is 220 cm³/mol. The van der Waals surface area contributed by atoms with Crippen LogP contribution in [0.1, 0.15) is 0 Å². The van der Waals surface area contributed by atoms with Crippen molar-refractivity contribution in [1.82, 2.24) is 18.7 Å². The topological polar surface area (TPSA) is 27.7 Å². The van der Waals surface area contributed by atoms with Crippen molar-refractivity contribution in [1.29, 1.82) is 0 Å². The van der Waals surface area contributed by atoms with E-state index in [1.54, 1.807) is 0 Å². The second-order valence-corrected chi connectivity index (χ2v) is 14.6. The van der Waals surface area contributed by atoms with Crippen molar-refractivity contribution in [2.45, 2.75) is 0 Å². The number of benzene rings is 7. The fourth-order valence-electron chi connectivity index (χ4n) is 8.76. The van der Waals surface area contributed by atoms with Gasteiger partial charge in [0.1, 0.15) is 0 Å². The molecule has 242 valence electrons. The lowest BCUT2D eigenvalue weighted by Gasteiger charge is -2.11. The third-order valence-electron chi connectivity index (χ3n) is 10.9. The Morgan fingerprint density at radius 3 is 1.35 bits per heavy atom. The molecule has 0 unspecified atom stereocenters. The van der Waals surface area contributed by atoms with Crippen LogP contribution >= 0.6 is 11.3 Å². The minimum atomic E-state index is 1.10. The number of hydrogen-bond donors (Lipinski definition) is 0. The van der Waals surface area contributed by atoms with E-state index in [4.69, 9.17) is 4.98 Å². The molecule has 0 radical (unpaired) electrons. The monoisotopic (exact) mass is 680 g/mol. The summed E-state index contributed by atoms with van der Waals surface area (Å²) in [7, 11) is 0. The van der Waals surface area contributed by atoms with Gasteiger partial charge in [-0.05, 0) is 54.6 Å². The zero-order valence-electron chi connectivity index (χ0n) is 27.9. The molecule has 0 amide bonds. The number of nitrogens with zero attached hydrogens (tertiary/aromatic N) is 4. The standard InChI is InChI=1S/C47H28N4S/c1-6-18-38-30(12-1)31-13-2-7-19-39(31)49(38)29-24-25-43-36(26-29)34-16-5-10-22-42(34)51(43)45-28-48-27-37-35-17-11-23-44(46(35)52-47(37)45)50-40-20-8-3-14-32(40)33-15-4-9-21-41(33)50/h1-28H. The Hall–Kier alpha value is -6.69. The van der Waals surface area contributed by atoms with Crippen molar-refractivity contribution in [2.24, 2.45) is 0 Å². The molecule has 5 heterocycles. The number of para-hydroxylation sites is 5. The van der Waals surface area contributed by atoms with Crippen molar-refractivity contribution in [3.8, 4) is 17.1 Å². The predicted octanol–water partition coefficient (Wildman–Crippen LogP) is 12.7. The summed E-state index contributed by atoms with van der Waals surface area (Å²) in [5, 5.41) is 9.92. The van der Waals surface area contributed by atoms with Crippen molar-refractivity contribution in [2.75, 3.05) is 0 Å². The van der Waals surface area contributed by atoms with Crippen LogP contribution in [0.25, 0.3) is 103 Å². The molecule has 12 aromatic rings. The summed E-state index contributed by atoms with van der Waals surface area (Å²) < 4.78 is 9.75. The van der Waals surface area contributed by atoms with Gasteiger partial charge in [0.25, 0.3) is 0 Å². The van der Waals surface area contributed by atoms with E-state index in [1.165, 1.54) is 91.3 Å². The highest BCUT2D eigenvalue weighted by atomic mass is 32.1. The van der Waals surface area contributed by atoms with Crippen LogP contribution < -0.4 is 0 Å². The van der Waals surface area contributed by atoms with E-state index in [2.05, 4.69) is 171 Å². The van der Waals surface area contributed by atoms with Crippen molar-refractivity contribution >= 4 is 96.9 Å². The Kier molecular flexibility index (Phi) is 5.62. The first-order chi connectivity index (χ1) is 25.8. The number of hydrogen-bond acceptors (Lipinski definition) is 2. The number of aromatic nitrogens is 4. The first-order valence-electron chi connectivity index (χ1n) is 17.6. The highest BCUT2D eigenvalue weighted by Crippen LogP contribution is 2.44. The molecule has 0 fully saturated rings. The van der Waals surface area contributed by atoms with Gasteiger partial charge in [-0.1, -0.05) is 103 Å². The Morgan fingerprint density at radius 2 is 0.769 bits per heavy atom. The Morgan fingerprint density at radius 1 is 0.327 bits per heavy atom. The smallest absolute Gasteiger partial charge is 0.0825 e. The normalized spacial score (nSPS) is 12.2. The van der Waals surface area contributed by atoms with E-state index in [0.717, 1.165) is 11.4 Å². The number of pyridine rings is 1. The summed E-state index contributed by atoms with van der Waals surface area (Å²) in [5.41, 5.74) is 10.6. The number of thiophene rings is 1. The molecular formula is C47H28N4S. The molecule has 0 bridgehead atoms. The van der Waals surface area contributed by atoms with E-state index in [-0.39, 0.29) is 0 Å². The minimum absolute atomic E-state index is 1.10. The van der Waals surface area contributed by atoms with Crippen LogP contribution in [0.2, 0.25) is 0 Å². The highest BCUT2D eigenvalue weighted by molar-refractivity contribution is 7.26. The van der Waals surface area contributed by atoms with Gasteiger partial charge in [0.15, 0.2) is 0 Å². The van der Waals surface area contributed by atoms with Gasteiger partial charge < -0.3 is 13.7 Å². The Labute approximate surface area is 301 Å².